The van der Waals surface area contributed by atoms with Gasteiger partial charge in [-0.3, -0.25) is 14.3 Å². The van der Waals surface area contributed by atoms with E-state index in [0.29, 0.717) is 17.7 Å². The lowest BCUT2D eigenvalue weighted by Gasteiger charge is -2.10. The first-order chi connectivity index (χ1) is 14.9. The van der Waals surface area contributed by atoms with Crippen molar-refractivity contribution in [1.82, 2.24) is 15.1 Å². The number of carbonyl (C=O) groups excluding carboxylic acids is 2. The van der Waals surface area contributed by atoms with Crippen LogP contribution in [0, 0.1) is 11.6 Å². The van der Waals surface area contributed by atoms with E-state index in [1.54, 1.807) is 31.3 Å². The molecule has 0 saturated heterocycles. The summed E-state index contributed by atoms with van der Waals surface area (Å²) in [7, 11) is 1.61. The van der Waals surface area contributed by atoms with Gasteiger partial charge in [-0.15, -0.1) is 0 Å². The van der Waals surface area contributed by atoms with Gasteiger partial charge in [-0.25, -0.2) is 8.78 Å². The Morgan fingerprint density at radius 2 is 1.94 bits per heavy atom. The van der Waals surface area contributed by atoms with Gasteiger partial charge in [-0.1, -0.05) is 19.1 Å². The SMILES string of the molecule is CCCNC(=O)c1c(NC(=O)c2cccc(COc3ccc(F)cc3F)c2)cnn1C. The van der Waals surface area contributed by atoms with Gasteiger partial charge in [0.15, 0.2) is 11.6 Å². The number of nitrogens with zero attached hydrogens (tertiary/aromatic N) is 2. The molecule has 1 heterocycles. The molecule has 0 aliphatic carbocycles. The molecule has 0 atom stereocenters. The zero-order chi connectivity index (χ0) is 22.4. The Morgan fingerprint density at radius 3 is 2.68 bits per heavy atom. The number of ether oxygens (including phenoxy) is 1. The van der Waals surface area contributed by atoms with Crippen LogP contribution in [0.1, 0.15) is 39.8 Å². The number of nitrogens with one attached hydrogen (secondary N) is 2. The summed E-state index contributed by atoms with van der Waals surface area (Å²) in [6, 6.07) is 9.60. The van der Waals surface area contributed by atoms with Crippen molar-refractivity contribution in [3.63, 3.8) is 0 Å². The molecule has 0 radical (unpaired) electrons. The number of aromatic nitrogens is 2. The lowest BCUT2D eigenvalue weighted by molar-refractivity contribution is 0.0945. The summed E-state index contributed by atoms with van der Waals surface area (Å²) in [5.74, 6) is -2.36. The van der Waals surface area contributed by atoms with Crippen molar-refractivity contribution in [2.75, 3.05) is 11.9 Å². The predicted octanol–water partition coefficient (Wildman–Crippen LogP) is 3.67. The van der Waals surface area contributed by atoms with Crippen LogP contribution in [0.2, 0.25) is 0 Å². The molecular weight excluding hydrogens is 406 g/mol. The summed E-state index contributed by atoms with van der Waals surface area (Å²) in [6.07, 6.45) is 2.19. The fourth-order valence-corrected chi connectivity index (χ4v) is 2.87. The maximum Gasteiger partial charge on any atom is 0.271 e. The van der Waals surface area contributed by atoms with Crippen molar-refractivity contribution in [1.29, 1.82) is 0 Å². The molecular formula is C22H22F2N4O3. The van der Waals surface area contributed by atoms with Crippen LogP contribution in [0.25, 0.3) is 0 Å². The third-order valence-electron chi connectivity index (χ3n) is 4.42. The Balaban J connectivity index is 1.70. The summed E-state index contributed by atoms with van der Waals surface area (Å²) >= 11 is 0. The van der Waals surface area contributed by atoms with Crippen LogP contribution < -0.4 is 15.4 Å². The topological polar surface area (TPSA) is 85.2 Å². The first-order valence-electron chi connectivity index (χ1n) is 9.67. The van der Waals surface area contributed by atoms with Gasteiger partial charge in [0.25, 0.3) is 11.8 Å². The summed E-state index contributed by atoms with van der Waals surface area (Å²) < 4.78 is 33.5. The van der Waals surface area contributed by atoms with Crippen LogP contribution >= 0.6 is 0 Å². The van der Waals surface area contributed by atoms with Crippen molar-refractivity contribution < 1.29 is 23.1 Å². The van der Waals surface area contributed by atoms with E-state index < -0.39 is 17.5 Å². The second-order valence-electron chi connectivity index (χ2n) is 6.80. The lowest BCUT2D eigenvalue weighted by Crippen LogP contribution is -2.27. The van der Waals surface area contributed by atoms with E-state index in [9.17, 15) is 18.4 Å². The van der Waals surface area contributed by atoms with Crippen molar-refractivity contribution in [3.05, 3.63) is 77.1 Å². The Labute approximate surface area is 178 Å². The minimum atomic E-state index is -0.806. The van der Waals surface area contributed by atoms with Crippen LogP contribution in [-0.2, 0) is 13.7 Å². The van der Waals surface area contributed by atoms with Crippen LogP contribution in [0.4, 0.5) is 14.5 Å². The second-order valence-corrected chi connectivity index (χ2v) is 6.80. The summed E-state index contributed by atoms with van der Waals surface area (Å²) in [6.45, 7) is 2.43. The molecule has 2 aromatic carbocycles. The molecule has 0 aliphatic rings. The van der Waals surface area contributed by atoms with E-state index in [0.717, 1.165) is 18.6 Å². The molecule has 3 aromatic rings. The minimum Gasteiger partial charge on any atom is -0.486 e. The number of halogens is 2. The molecule has 1 aromatic heterocycles. The zero-order valence-corrected chi connectivity index (χ0v) is 17.1. The van der Waals surface area contributed by atoms with Crippen LogP contribution in [0.5, 0.6) is 5.75 Å². The van der Waals surface area contributed by atoms with Gasteiger partial charge in [0.05, 0.1) is 11.9 Å². The van der Waals surface area contributed by atoms with Crippen molar-refractivity contribution >= 4 is 17.5 Å². The Hall–Kier alpha value is -3.75. The zero-order valence-electron chi connectivity index (χ0n) is 17.1. The number of amides is 2. The number of benzene rings is 2. The van der Waals surface area contributed by atoms with Gasteiger partial charge >= 0.3 is 0 Å². The lowest BCUT2D eigenvalue weighted by atomic mass is 10.1. The molecule has 7 nitrogen and oxygen atoms in total. The average Bonchev–Trinajstić information content (AvgIpc) is 3.11. The summed E-state index contributed by atoms with van der Waals surface area (Å²) in [5, 5.41) is 9.50. The second kappa shape index (κ2) is 9.84. The molecule has 31 heavy (non-hydrogen) atoms. The Morgan fingerprint density at radius 1 is 1.13 bits per heavy atom. The monoisotopic (exact) mass is 428 g/mol. The predicted molar refractivity (Wildman–Crippen MR) is 111 cm³/mol. The summed E-state index contributed by atoms with van der Waals surface area (Å²) in [5.41, 5.74) is 1.47. The molecule has 0 fully saturated rings. The van der Waals surface area contributed by atoms with Crippen molar-refractivity contribution in [3.8, 4) is 5.75 Å². The first kappa shape index (κ1) is 21.9. The quantitative estimate of drug-likeness (QED) is 0.573. The normalized spacial score (nSPS) is 10.6. The fraction of sp³-hybridized carbons (Fsp3) is 0.227. The van der Waals surface area contributed by atoms with Gasteiger partial charge in [0.2, 0.25) is 0 Å². The van der Waals surface area contributed by atoms with Gasteiger partial charge in [0, 0.05) is 25.2 Å². The molecule has 0 bridgehead atoms. The number of carbonyl (C=O) groups is 2. The van der Waals surface area contributed by atoms with E-state index in [2.05, 4.69) is 15.7 Å². The van der Waals surface area contributed by atoms with Gasteiger partial charge in [0.1, 0.15) is 18.1 Å². The molecule has 2 N–H and O–H groups in total. The largest absolute Gasteiger partial charge is 0.486 e. The molecule has 9 heteroatoms. The molecule has 0 saturated carbocycles. The molecule has 0 unspecified atom stereocenters. The van der Waals surface area contributed by atoms with E-state index >= 15 is 0 Å². The molecule has 162 valence electrons. The summed E-state index contributed by atoms with van der Waals surface area (Å²) in [4.78, 5) is 25.1. The molecule has 0 spiro atoms. The Kier molecular flexibility index (Phi) is 6.96. The number of anilines is 1. The van der Waals surface area contributed by atoms with E-state index in [-0.39, 0.29) is 29.6 Å². The van der Waals surface area contributed by atoms with Crippen LogP contribution in [-0.4, -0.2) is 28.1 Å². The van der Waals surface area contributed by atoms with Crippen LogP contribution in [0.3, 0.4) is 0 Å². The third kappa shape index (κ3) is 5.44. The number of rotatable bonds is 8. The van der Waals surface area contributed by atoms with E-state index in [1.165, 1.54) is 16.9 Å². The number of hydrogen-bond donors (Lipinski definition) is 2. The first-order valence-corrected chi connectivity index (χ1v) is 9.67. The fourth-order valence-electron chi connectivity index (χ4n) is 2.87. The number of aryl methyl sites for hydroxylation is 1. The van der Waals surface area contributed by atoms with Gasteiger partial charge in [-0.2, -0.15) is 5.10 Å². The maximum absolute atomic E-state index is 13.7. The van der Waals surface area contributed by atoms with E-state index in [4.69, 9.17) is 4.74 Å². The highest BCUT2D eigenvalue weighted by Crippen LogP contribution is 2.20. The van der Waals surface area contributed by atoms with Gasteiger partial charge < -0.3 is 15.4 Å². The van der Waals surface area contributed by atoms with Crippen LogP contribution in [0.15, 0.2) is 48.7 Å². The van der Waals surface area contributed by atoms with E-state index in [1.807, 2.05) is 6.92 Å². The average molecular weight is 428 g/mol. The smallest absolute Gasteiger partial charge is 0.271 e. The van der Waals surface area contributed by atoms with Crippen molar-refractivity contribution in [2.45, 2.75) is 20.0 Å². The third-order valence-corrected chi connectivity index (χ3v) is 4.42. The molecule has 2 amide bonds. The highest BCUT2D eigenvalue weighted by atomic mass is 19.1. The molecule has 3 rings (SSSR count). The highest BCUT2D eigenvalue weighted by Gasteiger charge is 2.19. The standard InChI is InChI=1S/C22H22F2N4O3/c1-3-9-25-22(30)20-18(12-26-28(20)2)27-21(29)15-6-4-5-14(10-15)13-31-19-8-7-16(23)11-17(19)24/h4-8,10-12H,3,9,13H2,1-2H3,(H,25,30)(H,27,29). The highest BCUT2D eigenvalue weighted by molar-refractivity contribution is 6.08. The van der Waals surface area contributed by atoms with Gasteiger partial charge in [-0.05, 0) is 36.2 Å². The minimum absolute atomic E-state index is 0.0127. The maximum atomic E-state index is 13.7. The molecule has 0 aliphatic heterocycles. The van der Waals surface area contributed by atoms with Crippen molar-refractivity contribution in [2.24, 2.45) is 7.05 Å². The number of hydrogen-bond acceptors (Lipinski definition) is 4. The Bertz CT molecular complexity index is 1100.